The quantitative estimate of drug-likeness (QED) is 0.554. The van der Waals surface area contributed by atoms with Gasteiger partial charge in [-0.1, -0.05) is 24.3 Å². The number of nitrogens with zero attached hydrogens (tertiary/aromatic N) is 8. The molecule has 3 aromatic heterocycles. The number of aromatic nitrogens is 6. The Morgan fingerprint density at radius 1 is 1.15 bits per heavy atom. The maximum absolute atomic E-state index is 11.6. The highest BCUT2D eigenvalue weighted by atomic mass is 32.2. The molecule has 0 N–H and O–H groups in total. The summed E-state index contributed by atoms with van der Waals surface area (Å²) in [4.78, 5) is 4.74. The monoisotopic (exact) mass is 476 g/mol. The zero-order valence-electron chi connectivity index (χ0n) is 18.9. The first-order valence-electron chi connectivity index (χ1n) is 11.1. The van der Waals surface area contributed by atoms with E-state index in [0.29, 0.717) is 19.5 Å². The van der Waals surface area contributed by atoms with Crippen LogP contribution in [0, 0.1) is 12.8 Å². The molecule has 1 aliphatic carbocycles. The molecule has 3 aromatic rings. The summed E-state index contributed by atoms with van der Waals surface area (Å²) < 4.78 is 28.4. The molecule has 0 aromatic carbocycles. The summed E-state index contributed by atoms with van der Waals surface area (Å²) in [6.07, 6.45) is 16.3. The van der Waals surface area contributed by atoms with Gasteiger partial charge in [-0.05, 0) is 30.2 Å². The Kier molecular flexibility index (Phi) is 4.85. The first-order chi connectivity index (χ1) is 16.3. The van der Waals surface area contributed by atoms with Crippen LogP contribution in [-0.4, -0.2) is 73.9 Å². The maximum atomic E-state index is 11.6. The van der Waals surface area contributed by atoms with Gasteiger partial charge in [-0.15, -0.1) is 10.2 Å². The lowest BCUT2D eigenvalue weighted by atomic mass is 9.86. The van der Waals surface area contributed by atoms with Gasteiger partial charge in [0.25, 0.3) is 0 Å². The fraction of sp³-hybridized carbons (Fsp3) is 0.348. The van der Waals surface area contributed by atoms with Crippen molar-refractivity contribution < 1.29 is 8.42 Å². The number of aryl methyl sites for hydroxylation is 1. The van der Waals surface area contributed by atoms with Gasteiger partial charge in [0.1, 0.15) is 0 Å². The Hall–Kier alpha value is -3.44. The lowest BCUT2D eigenvalue weighted by molar-refractivity contribution is 0.192. The molecular weight excluding hydrogens is 452 g/mol. The van der Waals surface area contributed by atoms with Crippen molar-refractivity contribution in [2.75, 3.05) is 19.3 Å². The minimum absolute atomic E-state index is 0.0664. The van der Waals surface area contributed by atoms with Gasteiger partial charge in [-0.2, -0.15) is 19.0 Å². The van der Waals surface area contributed by atoms with Crippen molar-refractivity contribution in [3.8, 4) is 0 Å². The number of fused-ring (bicyclic) bond motifs is 2. The summed E-state index contributed by atoms with van der Waals surface area (Å²) in [7, 11) is -3.14. The second-order valence-corrected chi connectivity index (χ2v) is 11.0. The van der Waals surface area contributed by atoms with Gasteiger partial charge in [0.15, 0.2) is 11.5 Å². The summed E-state index contributed by atoms with van der Waals surface area (Å²) in [5.41, 5.74) is 4.81. The standard InChI is InChI=1S/C23H24N8O2S/c1-15-3-6-22-26-27-23(31(22)28-15)8-16-4-5-21-17(7-16)9-18(10-24-21)19-11-25-30(12-19)20-13-29(14-20)34(2,32)33/h3-7,9-12,17,20-21H,8,13-14H2,1-2H3. The molecule has 1 fully saturated rings. The number of dihydropyridines is 1. The molecule has 2 unspecified atom stereocenters. The Morgan fingerprint density at radius 3 is 2.82 bits per heavy atom. The average molecular weight is 477 g/mol. The van der Waals surface area contributed by atoms with Crippen LogP contribution in [0.1, 0.15) is 23.1 Å². The van der Waals surface area contributed by atoms with E-state index in [4.69, 9.17) is 4.99 Å². The molecular formula is C23H24N8O2S. The minimum atomic E-state index is -3.14. The van der Waals surface area contributed by atoms with Gasteiger partial charge in [0.2, 0.25) is 10.0 Å². The van der Waals surface area contributed by atoms with Gasteiger partial charge in [-0.3, -0.25) is 9.67 Å². The fourth-order valence-corrected chi connectivity index (χ4v) is 5.40. The summed E-state index contributed by atoms with van der Waals surface area (Å²) in [5, 5.41) is 17.6. The predicted molar refractivity (Wildman–Crippen MR) is 128 cm³/mol. The highest BCUT2D eigenvalue weighted by Crippen LogP contribution is 2.30. The van der Waals surface area contributed by atoms with Gasteiger partial charge in [0, 0.05) is 43.4 Å². The maximum Gasteiger partial charge on any atom is 0.211 e. The lowest BCUT2D eigenvalue weighted by Crippen LogP contribution is -2.50. The van der Waals surface area contributed by atoms with Crippen LogP contribution in [0.5, 0.6) is 0 Å². The molecule has 0 bridgehead atoms. The molecule has 0 radical (unpaired) electrons. The van der Waals surface area contributed by atoms with E-state index in [2.05, 4.69) is 44.7 Å². The molecule has 0 saturated carbocycles. The van der Waals surface area contributed by atoms with E-state index in [1.165, 1.54) is 10.6 Å². The molecule has 174 valence electrons. The van der Waals surface area contributed by atoms with E-state index in [1.54, 1.807) is 4.52 Å². The number of aliphatic imine (C=N–C) groups is 1. The molecule has 2 atom stereocenters. The Labute approximate surface area is 197 Å². The molecule has 34 heavy (non-hydrogen) atoms. The molecule has 5 heterocycles. The first-order valence-corrected chi connectivity index (χ1v) is 13.0. The smallest absolute Gasteiger partial charge is 0.211 e. The van der Waals surface area contributed by atoms with E-state index in [9.17, 15) is 8.42 Å². The summed E-state index contributed by atoms with van der Waals surface area (Å²) >= 11 is 0. The normalized spacial score (nSPS) is 23.0. The molecule has 0 spiro atoms. The fourth-order valence-electron chi connectivity index (χ4n) is 4.51. The van der Waals surface area contributed by atoms with Gasteiger partial charge in [-0.25, -0.2) is 8.42 Å². The Bertz CT molecular complexity index is 1500. The zero-order valence-corrected chi connectivity index (χ0v) is 19.7. The minimum Gasteiger partial charge on any atom is -0.284 e. The summed E-state index contributed by atoms with van der Waals surface area (Å²) in [6.45, 7) is 2.87. The third-order valence-electron chi connectivity index (χ3n) is 6.50. The van der Waals surface area contributed by atoms with Crippen molar-refractivity contribution in [3.05, 3.63) is 71.5 Å². The van der Waals surface area contributed by atoms with E-state index < -0.39 is 10.0 Å². The zero-order chi connectivity index (χ0) is 23.4. The van der Waals surface area contributed by atoms with Crippen molar-refractivity contribution in [2.45, 2.75) is 25.4 Å². The molecule has 11 heteroatoms. The number of rotatable bonds is 5. The van der Waals surface area contributed by atoms with Gasteiger partial charge >= 0.3 is 0 Å². The highest BCUT2D eigenvalue weighted by Gasteiger charge is 2.35. The van der Waals surface area contributed by atoms with Crippen molar-refractivity contribution in [1.82, 2.24) is 33.9 Å². The number of sulfonamides is 1. The Balaban J connectivity index is 1.20. The highest BCUT2D eigenvalue weighted by molar-refractivity contribution is 7.88. The van der Waals surface area contributed by atoms with Crippen LogP contribution < -0.4 is 0 Å². The van der Waals surface area contributed by atoms with Gasteiger partial charge < -0.3 is 0 Å². The van der Waals surface area contributed by atoms with Crippen molar-refractivity contribution >= 4 is 27.5 Å². The van der Waals surface area contributed by atoms with E-state index >= 15 is 0 Å². The second kappa shape index (κ2) is 7.81. The molecule has 2 aliphatic heterocycles. The summed E-state index contributed by atoms with van der Waals surface area (Å²) in [6, 6.07) is 4.00. The van der Waals surface area contributed by atoms with Crippen molar-refractivity contribution in [1.29, 1.82) is 0 Å². The molecule has 3 aliphatic rings. The molecule has 0 amide bonds. The SMILES string of the molecule is Cc1ccc2nnc(CC3=CC4C=C(c5cnn(C6CN(S(C)(=O)=O)C6)c5)C=NC4C=C3)n2n1. The third-order valence-corrected chi connectivity index (χ3v) is 7.73. The number of hydrogen-bond acceptors (Lipinski definition) is 7. The van der Waals surface area contributed by atoms with E-state index in [0.717, 1.165) is 33.9 Å². The first kappa shape index (κ1) is 21.1. The summed E-state index contributed by atoms with van der Waals surface area (Å²) in [5.74, 6) is 0.947. The van der Waals surface area contributed by atoms with Gasteiger partial charge in [0.05, 0.1) is 30.2 Å². The predicted octanol–water partition coefficient (Wildman–Crippen LogP) is 1.64. The molecule has 10 nitrogen and oxygen atoms in total. The van der Waals surface area contributed by atoms with Crippen LogP contribution in [0.25, 0.3) is 11.2 Å². The van der Waals surface area contributed by atoms with Crippen LogP contribution in [0.15, 0.2) is 59.4 Å². The average Bonchev–Trinajstić information content (AvgIpc) is 3.39. The largest absolute Gasteiger partial charge is 0.284 e. The van der Waals surface area contributed by atoms with Crippen LogP contribution >= 0.6 is 0 Å². The van der Waals surface area contributed by atoms with Crippen molar-refractivity contribution in [3.63, 3.8) is 0 Å². The molecule has 1 saturated heterocycles. The number of hydrogen-bond donors (Lipinski definition) is 0. The molecule has 6 rings (SSSR count). The third kappa shape index (κ3) is 3.80. The van der Waals surface area contributed by atoms with Crippen molar-refractivity contribution in [2.24, 2.45) is 10.9 Å². The van der Waals surface area contributed by atoms with E-state index in [1.807, 2.05) is 42.3 Å². The van der Waals surface area contributed by atoms with Crippen LogP contribution in [0.4, 0.5) is 0 Å². The number of allylic oxidation sites excluding steroid dienone is 3. The van der Waals surface area contributed by atoms with Crippen LogP contribution in [0.2, 0.25) is 0 Å². The van der Waals surface area contributed by atoms with Crippen LogP contribution in [0.3, 0.4) is 0 Å². The Morgan fingerprint density at radius 2 is 2.00 bits per heavy atom. The van der Waals surface area contributed by atoms with Crippen LogP contribution in [-0.2, 0) is 16.4 Å². The topological polar surface area (TPSA) is 111 Å². The van der Waals surface area contributed by atoms with E-state index in [-0.39, 0.29) is 18.0 Å². The second-order valence-electron chi connectivity index (χ2n) is 9.05. The lowest BCUT2D eigenvalue weighted by Gasteiger charge is -2.37.